The van der Waals surface area contributed by atoms with Gasteiger partial charge in [0, 0.05) is 0 Å². The number of carbonyl (C=O) groups is 1. The van der Waals surface area contributed by atoms with Gasteiger partial charge in [0.15, 0.2) is 6.10 Å². The molecule has 3 heteroatoms. The summed E-state index contributed by atoms with van der Waals surface area (Å²) >= 11 is 0. The number of rotatable bonds is 7. The molecule has 28 heavy (non-hydrogen) atoms. The maximum atomic E-state index is 13.0. The van der Waals surface area contributed by atoms with Crippen LogP contribution in [0.1, 0.15) is 42.1 Å². The second-order valence-corrected chi connectivity index (χ2v) is 6.93. The molecule has 0 saturated carbocycles. The number of ether oxygens (including phenoxy) is 1. The lowest BCUT2D eigenvalue weighted by Gasteiger charge is -2.24. The van der Waals surface area contributed by atoms with Crippen LogP contribution in [0.5, 0.6) is 5.75 Å². The fraction of sp³-hybridized carbons (Fsp3) is 0.240. The zero-order chi connectivity index (χ0) is 19.9. The Bertz CT molecular complexity index is 921. The van der Waals surface area contributed by atoms with Crippen LogP contribution in [0.2, 0.25) is 0 Å². The van der Waals surface area contributed by atoms with E-state index in [4.69, 9.17) is 4.74 Å². The van der Waals surface area contributed by atoms with E-state index in [1.807, 2.05) is 66.7 Å². The predicted molar refractivity (Wildman–Crippen MR) is 114 cm³/mol. The predicted octanol–water partition coefficient (Wildman–Crippen LogP) is 5.23. The normalized spacial score (nSPS) is 12.8. The second kappa shape index (κ2) is 9.23. The Morgan fingerprint density at radius 2 is 1.57 bits per heavy atom. The molecule has 3 aromatic carbocycles. The highest BCUT2D eigenvalue weighted by atomic mass is 16.5. The zero-order valence-electron chi connectivity index (χ0n) is 16.7. The molecule has 0 saturated heterocycles. The standard InChI is InChI=1S/C25H27NO2/c1-4-20-13-9-11-17-23(20)28-19(3)25(27)26-24(21-14-6-5-7-15-21)22-16-10-8-12-18(22)2/h5-17,19,24H,4H2,1-3H3,(H,26,27)/t19-,24-/m0/s1. The molecule has 0 aliphatic carbocycles. The number of nitrogens with one attached hydrogen (secondary N) is 1. The molecule has 0 heterocycles. The van der Waals surface area contributed by atoms with Gasteiger partial charge >= 0.3 is 0 Å². The van der Waals surface area contributed by atoms with Gasteiger partial charge in [-0.15, -0.1) is 0 Å². The van der Waals surface area contributed by atoms with Crippen LogP contribution in [0, 0.1) is 6.92 Å². The molecule has 3 nitrogen and oxygen atoms in total. The van der Waals surface area contributed by atoms with Gasteiger partial charge in [0.25, 0.3) is 5.91 Å². The number of aryl methyl sites for hydroxylation is 2. The van der Waals surface area contributed by atoms with Gasteiger partial charge in [-0.25, -0.2) is 0 Å². The van der Waals surface area contributed by atoms with E-state index in [1.165, 1.54) is 0 Å². The Morgan fingerprint density at radius 1 is 0.929 bits per heavy atom. The van der Waals surface area contributed by atoms with Gasteiger partial charge in [-0.3, -0.25) is 4.79 Å². The summed E-state index contributed by atoms with van der Waals surface area (Å²) in [6.45, 7) is 5.94. The van der Waals surface area contributed by atoms with E-state index >= 15 is 0 Å². The van der Waals surface area contributed by atoms with Crippen molar-refractivity contribution in [3.8, 4) is 5.75 Å². The Labute approximate surface area is 167 Å². The Hall–Kier alpha value is -3.07. The highest BCUT2D eigenvalue weighted by molar-refractivity contribution is 5.81. The van der Waals surface area contributed by atoms with E-state index in [0.717, 1.165) is 34.4 Å². The molecule has 3 aromatic rings. The summed E-state index contributed by atoms with van der Waals surface area (Å²) in [4.78, 5) is 13.0. The van der Waals surface area contributed by atoms with E-state index in [2.05, 4.69) is 31.3 Å². The average molecular weight is 373 g/mol. The quantitative estimate of drug-likeness (QED) is 0.616. The molecule has 1 N–H and O–H groups in total. The summed E-state index contributed by atoms with van der Waals surface area (Å²) in [7, 11) is 0. The number of carbonyl (C=O) groups excluding carboxylic acids is 1. The van der Waals surface area contributed by atoms with Crippen LogP contribution in [-0.2, 0) is 11.2 Å². The Balaban J connectivity index is 1.82. The van der Waals surface area contributed by atoms with Gasteiger partial charge in [0.05, 0.1) is 6.04 Å². The van der Waals surface area contributed by atoms with Crippen molar-refractivity contribution in [3.63, 3.8) is 0 Å². The van der Waals surface area contributed by atoms with Crippen LogP contribution in [0.4, 0.5) is 0 Å². The fourth-order valence-electron chi connectivity index (χ4n) is 3.31. The van der Waals surface area contributed by atoms with Crippen LogP contribution in [-0.4, -0.2) is 12.0 Å². The van der Waals surface area contributed by atoms with Crippen molar-refractivity contribution in [3.05, 3.63) is 101 Å². The molecule has 0 aliphatic rings. The molecule has 2 atom stereocenters. The number of amides is 1. The summed E-state index contributed by atoms with van der Waals surface area (Å²) < 4.78 is 5.99. The van der Waals surface area contributed by atoms with E-state index in [0.29, 0.717) is 0 Å². The van der Waals surface area contributed by atoms with E-state index in [-0.39, 0.29) is 11.9 Å². The second-order valence-electron chi connectivity index (χ2n) is 6.93. The monoisotopic (exact) mass is 373 g/mol. The number of benzene rings is 3. The molecule has 0 aliphatic heterocycles. The van der Waals surface area contributed by atoms with Crippen LogP contribution in [0.3, 0.4) is 0 Å². The maximum Gasteiger partial charge on any atom is 0.261 e. The highest BCUT2D eigenvalue weighted by Crippen LogP contribution is 2.25. The minimum Gasteiger partial charge on any atom is -0.481 e. The van der Waals surface area contributed by atoms with Gasteiger partial charge < -0.3 is 10.1 Å². The molecule has 1 amide bonds. The molecule has 0 unspecified atom stereocenters. The van der Waals surface area contributed by atoms with Crippen LogP contribution in [0.15, 0.2) is 78.9 Å². The fourth-order valence-corrected chi connectivity index (χ4v) is 3.31. The van der Waals surface area contributed by atoms with Gasteiger partial charge in [-0.05, 0) is 48.6 Å². The summed E-state index contributed by atoms with van der Waals surface area (Å²) in [5.41, 5.74) is 4.37. The van der Waals surface area contributed by atoms with Crippen LogP contribution >= 0.6 is 0 Å². The molecular formula is C25H27NO2. The summed E-state index contributed by atoms with van der Waals surface area (Å²) in [5.74, 6) is 0.628. The lowest BCUT2D eigenvalue weighted by atomic mass is 9.95. The number of hydrogen-bond acceptors (Lipinski definition) is 2. The van der Waals surface area contributed by atoms with Gasteiger partial charge in [-0.2, -0.15) is 0 Å². The molecule has 0 aromatic heterocycles. The van der Waals surface area contributed by atoms with E-state index in [9.17, 15) is 4.79 Å². The van der Waals surface area contributed by atoms with Crippen molar-refractivity contribution in [2.45, 2.75) is 39.3 Å². The third-order valence-electron chi connectivity index (χ3n) is 4.95. The number of para-hydroxylation sites is 1. The lowest BCUT2D eigenvalue weighted by Crippen LogP contribution is -2.39. The first-order valence-electron chi connectivity index (χ1n) is 9.75. The maximum absolute atomic E-state index is 13.0. The Morgan fingerprint density at radius 3 is 2.29 bits per heavy atom. The molecule has 0 radical (unpaired) electrons. The summed E-state index contributed by atoms with van der Waals surface area (Å²) in [6, 6.07) is 25.8. The first-order chi connectivity index (χ1) is 13.6. The summed E-state index contributed by atoms with van der Waals surface area (Å²) in [5, 5.41) is 3.18. The first-order valence-corrected chi connectivity index (χ1v) is 9.75. The summed E-state index contributed by atoms with van der Waals surface area (Å²) in [6.07, 6.45) is 0.267. The molecule has 144 valence electrons. The van der Waals surface area contributed by atoms with E-state index < -0.39 is 6.10 Å². The zero-order valence-corrected chi connectivity index (χ0v) is 16.7. The SMILES string of the molecule is CCc1ccccc1O[C@@H](C)C(=O)N[C@@H](c1ccccc1)c1ccccc1C. The third kappa shape index (κ3) is 4.61. The molecular weight excluding hydrogens is 346 g/mol. The van der Waals surface area contributed by atoms with Crippen molar-refractivity contribution >= 4 is 5.91 Å². The Kier molecular flexibility index (Phi) is 6.49. The molecule has 3 rings (SSSR count). The van der Waals surface area contributed by atoms with Crippen molar-refractivity contribution in [1.82, 2.24) is 5.32 Å². The van der Waals surface area contributed by atoms with Crippen molar-refractivity contribution in [1.29, 1.82) is 0 Å². The highest BCUT2D eigenvalue weighted by Gasteiger charge is 2.23. The van der Waals surface area contributed by atoms with Crippen LogP contribution < -0.4 is 10.1 Å². The van der Waals surface area contributed by atoms with E-state index in [1.54, 1.807) is 6.92 Å². The van der Waals surface area contributed by atoms with Gasteiger partial charge in [0.2, 0.25) is 0 Å². The number of hydrogen-bond donors (Lipinski definition) is 1. The van der Waals surface area contributed by atoms with Crippen molar-refractivity contribution in [2.24, 2.45) is 0 Å². The largest absolute Gasteiger partial charge is 0.481 e. The van der Waals surface area contributed by atoms with Crippen molar-refractivity contribution < 1.29 is 9.53 Å². The smallest absolute Gasteiger partial charge is 0.261 e. The molecule has 0 fully saturated rings. The van der Waals surface area contributed by atoms with Gasteiger partial charge in [-0.1, -0.05) is 79.7 Å². The van der Waals surface area contributed by atoms with Crippen LogP contribution in [0.25, 0.3) is 0 Å². The molecule has 0 spiro atoms. The topological polar surface area (TPSA) is 38.3 Å². The average Bonchev–Trinajstić information content (AvgIpc) is 2.73. The van der Waals surface area contributed by atoms with Crippen molar-refractivity contribution in [2.75, 3.05) is 0 Å². The minimum absolute atomic E-state index is 0.136. The lowest BCUT2D eigenvalue weighted by molar-refractivity contribution is -0.127. The minimum atomic E-state index is -0.595. The first kappa shape index (κ1) is 19.7. The van der Waals surface area contributed by atoms with Gasteiger partial charge in [0.1, 0.15) is 5.75 Å². The third-order valence-corrected chi connectivity index (χ3v) is 4.95. The molecule has 0 bridgehead atoms.